The van der Waals surface area contributed by atoms with E-state index in [-0.39, 0.29) is 17.3 Å². The maximum Gasteiger partial charge on any atom is 0.128 e. The van der Waals surface area contributed by atoms with Crippen molar-refractivity contribution in [2.24, 2.45) is 0 Å². The van der Waals surface area contributed by atoms with Gasteiger partial charge in [-0.05, 0) is 24.5 Å². The fourth-order valence-electron chi connectivity index (χ4n) is 4.22. The van der Waals surface area contributed by atoms with Gasteiger partial charge < -0.3 is 4.57 Å². The highest BCUT2D eigenvalue weighted by molar-refractivity contribution is 5.34. The van der Waals surface area contributed by atoms with Crippen LogP contribution in [0.5, 0.6) is 0 Å². The van der Waals surface area contributed by atoms with Crippen molar-refractivity contribution in [1.29, 1.82) is 0 Å². The summed E-state index contributed by atoms with van der Waals surface area (Å²) < 4.78 is 16.7. The van der Waals surface area contributed by atoms with E-state index in [0.717, 1.165) is 11.3 Å². The SMILES string of the molecule is CC1(c2cn(C(c3ccccc3)c3ccccc3F)cn2)CCCCC1. The van der Waals surface area contributed by atoms with Gasteiger partial charge >= 0.3 is 0 Å². The smallest absolute Gasteiger partial charge is 0.128 e. The molecule has 0 saturated heterocycles. The highest BCUT2D eigenvalue weighted by Gasteiger charge is 2.31. The molecule has 0 aliphatic heterocycles. The molecule has 1 atom stereocenters. The van der Waals surface area contributed by atoms with Crippen molar-refractivity contribution in [3.05, 3.63) is 89.8 Å². The molecule has 0 radical (unpaired) electrons. The Morgan fingerprint density at radius 2 is 1.65 bits per heavy atom. The van der Waals surface area contributed by atoms with Crippen LogP contribution in [0.1, 0.15) is 61.9 Å². The second kappa shape index (κ2) is 7.06. The molecule has 1 heterocycles. The summed E-state index contributed by atoms with van der Waals surface area (Å²) in [5, 5.41) is 0. The largest absolute Gasteiger partial charge is 0.325 e. The predicted molar refractivity (Wildman–Crippen MR) is 103 cm³/mol. The first-order valence-corrected chi connectivity index (χ1v) is 9.51. The third-order valence-corrected chi connectivity index (χ3v) is 5.79. The van der Waals surface area contributed by atoms with E-state index in [0.29, 0.717) is 5.56 Å². The Morgan fingerprint density at radius 3 is 2.38 bits per heavy atom. The molecule has 1 aromatic heterocycles. The maximum atomic E-state index is 14.6. The molecule has 1 unspecified atom stereocenters. The summed E-state index contributed by atoms with van der Waals surface area (Å²) in [7, 11) is 0. The van der Waals surface area contributed by atoms with Crippen molar-refractivity contribution in [1.82, 2.24) is 9.55 Å². The van der Waals surface area contributed by atoms with Crippen molar-refractivity contribution in [2.75, 3.05) is 0 Å². The van der Waals surface area contributed by atoms with Crippen LogP contribution >= 0.6 is 0 Å². The molecule has 2 aromatic carbocycles. The minimum Gasteiger partial charge on any atom is -0.325 e. The lowest BCUT2D eigenvalue weighted by Crippen LogP contribution is -2.25. The molecular weight excluding hydrogens is 323 g/mol. The van der Waals surface area contributed by atoms with Crippen molar-refractivity contribution in [2.45, 2.75) is 50.5 Å². The molecule has 26 heavy (non-hydrogen) atoms. The Balaban J connectivity index is 1.77. The third-order valence-electron chi connectivity index (χ3n) is 5.79. The number of benzene rings is 2. The van der Waals surface area contributed by atoms with Crippen LogP contribution < -0.4 is 0 Å². The van der Waals surface area contributed by atoms with E-state index in [4.69, 9.17) is 4.98 Å². The van der Waals surface area contributed by atoms with Crippen LogP contribution in [0.4, 0.5) is 4.39 Å². The zero-order valence-electron chi connectivity index (χ0n) is 15.2. The van der Waals surface area contributed by atoms with E-state index >= 15 is 0 Å². The lowest BCUT2D eigenvalue weighted by Gasteiger charge is -2.32. The topological polar surface area (TPSA) is 17.8 Å². The molecule has 134 valence electrons. The first-order chi connectivity index (χ1) is 12.7. The van der Waals surface area contributed by atoms with Gasteiger partial charge in [-0.25, -0.2) is 9.37 Å². The van der Waals surface area contributed by atoms with E-state index in [1.807, 2.05) is 36.7 Å². The van der Waals surface area contributed by atoms with Crippen LogP contribution in [0.3, 0.4) is 0 Å². The van der Waals surface area contributed by atoms with E-state index in [1.165, 1.54) is 38.2 Å². The van der Waals surface area contributed by atoms with Crippen LogP contribution in [-0.4, -0.2) is 9.55 Å². The molecule has 2 nitrogen and oxygen atoms in total. The molecule has 1 fully saturated rings. The number of halogens is 1. The van der Waals surface area contributed by atoms with Gasteiger partial charge in [0.05, 0.1) is 18.1 Å². The van der Waals surface area contributed by atoms with Gasteiger partial charge in [0.15, 0.2) is 0 Å². The number of nitrogens with zero attached hydrogens (tertiary/aromatic N) is 2. The maximum absolute atomic E-state index is 14.6. The Labute approximate surface area is 154 Å². The standard InChI is InChI=1S/C23H25FN2/c1-23(14-8-3-9-15-23)21-16-26(17-25-21)22(18-10-4-2-5-11-18)19-12-6-7-13-20(19)24/h2,4-7,10-13,16-17,22H,3,8-9,14-15H2,1H3. The Kier molecular flexibility index (Phi) is 4.62. The van der Waals surface area contributed by atoms with Gasteiger partial charge in [0, 0.05) is 17.2 Å². The third kappa shape index (κ3) is 3.18. The average molecular weight is 348 g/mol. The fourth-order valence-corrected chi connectivity index (χ4v) is 4.22. The summed E-state index contributed by atoms with van der Waals surface area (Å²) in [6.07, 6.45) is 10.2. The summed E-state index contributed by atoms with van der Waals surface area (Å²) in [6.45, 7) is 2.32. The van der Waals surface area contributed by atoms with Crippen molar-refractivity contribution < 1.29 is 4.39 Å². The van der Waals surface area contributed by atoms with Gasteiger partial charge in [-0.3, -0.25) is 0 Å². The summed E-state index contributed by atoms with van der Waals surface area (Å²) in [5.74, 6) is -0.180. The Hall–Kier alpha value is -2.42. The Morgan fingerprint density at radius 1 is 0.962 bits per heavy atom. The summed E-state index contributed by atoms with van der Waals surface area (Å²) in [6, 6.07) is 16.9. The second-order valence-corrected chi connectivity index (χ2v) is 7.66. The molecule has 1 aliphatic carbocycles. The molecule has 0 amide bonds. The average Bonchev–Trinajstić information content (AvgIpc) is 3.16. The van der Waals surface area contributed by atoms with Crippen LogP contribution in [0.2, 0.25) is 0 Å². The summed E-state index contributed by atoms with van der Waals surface area (Å²) in [4.78, 5) is 4.75. The number of hydrogen-bond acceptors (Lipinski definition) is 1. The van der Waals surface area contributed by atoms with Gasteiger partial charge in [0.2, 0.25) is 0 Å². The molecule has 4 rings (SSSR count). The molecule has 0 spiro atoms. The van der Waals surface area contributed by atoms with Crippen molar-refractivity contribution in [3.63, 3.8) is 0 Å². The number of rotatable bonds is 4. The lowest BCUT2D eigenvalue weighted by atomic mass is 9.74. The van der Waals surface area contributed by atoms with Crippen LogP contribution in [-0.2, 0) is 5.41 Å². The molecule has 1 aliphatic rings. The van der Waals surface area contributed by atoms with E-state index < -0.39 is 0 Å². The minimum absolute atomic E-state index is 0.139. The molecule has 1 saturated carbocycles. The zero-order chi connectivity index (χ0) is 18.0. The van der Waals surface area contributed by atoms with Crippen LogP contribution in [0.25, 0.3) is 0 Å². The van der Waals surface area contributed by atoms with Crippen LogP contribution in [0.15, 0.2) is 67.1 Å². The molecule has 3 aromatic rings. The van der Waals surface area contributed by atoms with Gasteiger partial charge in [-0.2, -0.15) is 0 Å². The lowest BCUT2D eigenvalue weighted by molar-refractivity contribution is 0.313. The summed E-state index contributed by atoms with van der Waals surface area (Å²) in [5.41, 5.74) is 3.02. The molecule has 0 bridgehead atoms. The highest BCUT2D eigenvalue weighted by Crippen LogP contribution is 2.39. The number of aromatic nitrogens is 2. The van der Waals surface area contributed by atoms with Gasteiger partial charge in [0.25, 0.3) is 0 Å². The molecular formula is C23H25FN2. The normalized spacial score (nSPS) is 17.8. The van der Waals surface area contributed by atoms with E-state index in [2.05, 4.69) is 29.8 Å². The minimum atomic E-state index is -0.203. The first kappa shape index (κ1) is 17.0. The fraction of sp³-hybridized carbons (Fsp3) is 0.348. The van der Waals surface area contributed by atoms with E-state index in [9.17, 15) is 4.39 Å². The highest BCUT2D eigenvalue weighted by atomic mass is 19.1. The second-order valence-electron chi connectivity index (χ2n) is 7.66. The van der Waals surface area contributed by atoms with Crippen LogP contribution in [0, 0.1) is 5.82 Å². The molecule has 3 heteroatoms. The zero-order valence-corrected chi connectivity index (χ0v) is 15.2. The number of hydrogen-bond donors (Lipinski definition) is 0. The van der Waals surface area contributed by atoms with Crippen molar-refractivity contribution in [3.8, 4) is 0 Å². The quantitative estimate of drug-likeness (QED) is 0.575. The Bertz CT molecular complexity index is 863. The first-order valence-electron chi connectivity index (χ1n) is 9.51. The monoisotopic (exact) mass is 348 g/mol. The molecule has 0 N–H and O–H groups in total. The predicted octanol–water partition coefficient (Wildman–Crippen LogP) is 5.88. The number of imidazole rings is 1. The summed E-state index contributed by atoms with van der Waals surface area (Å²) >= 11 is 0. The van der Waals surface area contributed by atoms with Gasteiger partial charge in [0.1, 0.15) is 5.82 Å². The van der Waals surface area contributed by atoms with Crippen molar-refractivity contribution >= 4 is 0 Å². The van der Waals surface area contributed by atoms with Gasteiger partial charge in [-0.1, -0.05) is 74.7 Å². The van der Waals surface area contributed by atoms with Gasteiger partial charge in [-0.15, -0.1) is 0 Å². The van der Waals surface area contributed by atoms with E-state index in [1.54, 1.807) is 6.07 Å².